The van der Waals surface area contributed by atoms with Crippen LogP contribution < -0.4 is 0 Å². The van der Waals surface area contributed by atoms with Gasteiger partial charge in [0.1, 0.15) is 0 Å². The fraction of sp³-hybridized carbons (Fsp3) is 0.318. The lowest BCUT2D eigenvalue weighted by atomic mass is 9.81. The number of fused-ring (bicyclic) bond motifs is 1. The average molecular weight is 431 g/mol. The molecule has 0 aromatic heterocycles. The van der Waals surface area contributed by atoms with Crippen LogP contribution in [0, 0.1) is 11.8 Å². The minimum atomic E-state index is -0.443. The summed E-state index contributed by atoms with van der Waals surface area (Å²) in [4.78, 5) is 39.6. The van der Waals surface area contributed by atoms with Crippen LogP contribution in [0.3, 0.4) is 0 Å². The maximum Gasteiger partial charge on any atom is 0.273 e. The normalized spacial score (nSPS) is 21.2. The van der Waals surface area contributed by atoms with E-state index >= 15 is 0 Å². The average Bonchev–Trinajstić information content (AvgIpc) is 2.98. The number of carbonyl (C=O) groups excluding carboxylic acids is 3. The van der Waals surface area contributed by atoms with E-state index in [1.807, 2.05) is 0 Å². The van der Waals surface area contributed by atoms with Crippen molar-refractivity contribution in [1.82, 2.24) is 10.0 Å². The second-order valence-corrected chi connectivity index (χ2v) is 8.29. The summed E-state index contributed by atoms with van der Waals surface area (Å²) in [6.45, 7) is 0.0258. The van der Waals surface area contributed by atoms with Gasteiger partial charge in [0, 0.05) is 15.6 Å². The first-order chi connectivity index (χ1) is 14.0. The van der Waals surface area contributed by atoms with Crippen molar-refractivity contribution in [1.29, 1.82) is 0 Å². The number of benzene rings is 2. The zero-order chi connectivity index (χ0) is 20.5. The van der Waals surface area contributed by atoms with Gasteiger partial charge in [-0.25, -0.2) is 5.01 Å². The van der Waals surface area contributed by atoms with Gasteiger partial charge in [-0.3, -0.25) is 14.4 Å². The van der Waals surface area contributed by atoms with Gasteiger partial charge < -0.3 is 0 Å². The molecule has 2 unspecified atom stereocenters. The first kappa shape index (κ1) is 19.9. The molecule has 5 nitrogen and oxygen atoms in total. The van der Waals surface area contributed by atoms with Crippen LogP contribution in [0.25, 0.3) is 0 Å². The molecule has 29 heavy (non-hydrogen) atoms. The number of hydrazine groups is 1. The lowest BCUT2D eigenvalue weighted by Crippen LogP contribution is -2.49. The third-order valence-corrected chi connectivity index (χ3v) is 6.28. The van der Waals surface area contributed by atoms with Gasteiger partial charge in [0.05, 0.1) is 18.4 Å². The lowest BCUT2D eigenvalue weighted by molar-refractivity contribution is -0.155. The summed E-state index contributed by atoms with van der Waals surface area (Å²) in [7, 11) is 0. The molecule has 3 amide bonds. The monoisotopic (exact) mass is 430 g/mol. The maximum absolute atomic E-state index is 13.3. The lowest BCUT2D eigenvalue weighted by Gasteiger charge is -2.31. The van der Waals surface area contributed by atoms with E-state index < -0.39 is 5.91 Å². The van der Waals surface area contributed by atoms with Gasteiger partial charge in [-0.1, -0.05) is 54.2 Å². The van der Waals surface area contributed by atoms with E-state index in [1.54, 1.807) is 48.5 Å². The van der Waals surface area contributed by atoms with Crippen molar-refractivity contribution in [3.63, 3.8) is 0 Å². The van der Waals surface area contributed by atoms with Gasteiger partial charge in [-0.05, 0) is 48.7 Å². The van der Waals surface area contributed by atoms with E-state index in [0.29, 0.717) is 34.0 Å². The Labute approximate surface area is 179 Å². The molecule has 2 aliphatic rings. The quantitative estimate of drug-likeness (QED) is 0.658. The summed E-state index contributed by atoms with van der Waals surface area (Å²) in [5.41, 5.74) is 1.00. The standard InChI is InChI=1S/C22H20Cl2N2O3/c23-16-11-9-14(10-12-16)20(27)25(13-15-5-1-4-8-19(15)24)26-21(28)17-6-2-3-7-18(17)22(26)29/h1,4-5,8-12,17-18H,2-3,6-7,13H2. The van der Waals surface area contributed by atoms with Gasteiger partial charge in [-0.15, -0.1) is 0 Å². The van der Waals surface area contributed by atoms with Crippen LogP contribution in [0.2, 0.25) is 10.0 Å². The first-order valence-electron chi connectivity index (χ1n) is 9.66. The van der Waals surface area contributed by atoms with E-state index in [9.17, 15) is 14.4 Å². The minimum Gasteiger partial charge on any atom is -0.272 e. The third-order valence-electron chi connectivity index (χ3n) is 5.66. The highest BCUT2D eigenvalue weighted by Crippen LogP contribution is 2.39. The highest BCUT2D eigenvalue weighted by Gasteiger charge is 2.51. The summed E-state index contributed by atoms with van der Waals surface area (Å²) >= 11 is 12.2. The summed E-state index contributed by atoms with van der Waals surface area (Å²) in [5.74, 6) is -1.73. The predicted molar refractivity (Wildman–Crippen MR) is 110 cm³/mol. The number of carbonyl (C=O) groups is 3. The van der Waals surface area contributed by atoms with E-state index in [-0.39, 0.29) is 30.2 Å². The molecule has 2 fully saturated rings. The van der Waals surface area contributed by atoms with Crippen molar-refractivity contribution in [2.45, 2.75) is 32.2 Å². The fourth-order valence-corrected chi connectivity index (χ4v) is 4.47. The largest absolute Gasteiger partial charge is 0.273 e. The maximum atomic E-state index is 13.3. The van der Waals surface area contributed by atoms with Crippen LogP contribution in [0.5, 0.6) is 0 Å². The molecule has 1 aliphatic heterocycles. The van der Waals surface area contributed by atoms with Crippen molar-refractivity contribution in [3.05, 3.63) is 69.7 Å². The molecule has 150 valence electrons. The number of hydrogen-bond acceptors (Lipinski definition) is 3. The Morgan fingerprint density at radius 3 is 2.10 bits per heavy atom. The minimum absolute atomic E-state index is 0.0258. The number of amides is 3. The molecule has 0 radical (unpaired) electrons. The molecule has 0 N–H and O–H groups in total. The molecule has 0 spiro atoms. The molecule has 2 aromatic rings. The Kier molecular flexibility index (Phi) is 5.61. The summed E-state index contributed by atoms with van der Waals surface area (Å²) in [5, 5.41) is 3.26. The molecule has 4 rings (SSSR count). The SMILES string of the molecule is O=C(c1ccc(Cl)cc1)N(Cc1ccccc1Cl)N1C(=O)C2CCCCC2C1=O. The molecule has 1 saturated carbocycles. The first-order valence-corrected chi connectivity index (χ1v) is 10.4. The Morgan fingerprint density at radius 2 is 1.52 bits per heavy atom. The smallest absolute Gasteiger partial charge is 0.272 e. The molecule has 7 heteroatoms. The second kappa shape index (κ2) is 8.17. The van der Waals surface area contributed by atoms with Crippen LogP contribution in [-0.2, 0) is 16.1 Å². The number of halogens is 2. The zero-order valence-electron chi connectivity index (χ0n) is 15.7. The van der Waals surface area contributed by atoms with E-state index in [4.69, 9.17) is 23.2 Å². The van der Waals surface area contributed by atoms with Crippen molar-refractivity contribution in [2.24, 2.45) is 11.8 Å². The molecular formula is C22H20Cl2N2O3. The van der Waals surface area contributed by atoms with Crippen molar-refractivity contribution in [2.75, 3.05) is 0 Å². The van der Waals surface area contributed by atoms with Crippen molar-refractivity contribution < 1.29 is 14.4 Å². The third kappa shape index (κ3) is 3.77. The Balaban J connectivity index is 1.72. The Bertz CT molecular complexity index is 937. The number of rotatable bonds is 4. The number of hydrogen-bond donors (Lipinski definition) is 0. The Morgan fingerprint density at radius 1 is 0.931 bits per heavy atom. The van der Waals surface area contributed by atoms with Crippen LogP contribution >= 0.6 is 23.2 Å². The zero-order valence-corrected chi connectivity index (χ0v) is 17.2. The predicted octanol–water partition coefficient (Wildman–Crippen LogP) is 4.73. The fourth-order valence-electron chi connectivity index (χ4n) is 4.15. The van der Waals surface area contributed by atoms with Gasteiger partial charge >= 0.3 is 0 Å². The van der Waals surface area contributed by atoms with Gasteiger partial charge in [0.25, 0.3) is 17.7 Å². The number of imide groups is 1. The van der Waals surface area contributed by atoms with Crippen molar-refractivity contribution >= 4 is 40.9 Å². The summed E-state index contributed by atoms with van der Waals surface area (Å²) in [6, 6.07) is 13.5. The second-order valence-electron chi connectivity index (χ2n) is 7.45. The molecule has 1 saturated heterocycles. The molecule has 2 atom stereocenters. The molecule has 1 aliphatic carbocycles. The highest BCUT2D eigenvalue weighted by molar-refractivity contribution is 6.31. The van der Waals surface area contributed by atoms with E-state index in [1.165, 1.54) is 5.01 Å². The van der Waals surface area contributed by atoms with Gasteiger partial charge in [0.2, 0.25) is 0 Å². The molecule has 1 heterocycles. The van der Waals surface area contributed by atoms with Gasteiger partial charge in [-0.2, -0.15) is 5.01 Å². The summed E-state index contributed by atoms with van der Waals surface area (Å²) < 4.78 is 0. The topological polar surface area (TPSA) is 57.7 Å². The molecular weight excluding hydrogens is 411 g/mol. The summed E-state index contributed by atoms with van der Waals surface area (Å²) in [6.07, 6.45) is 3.20. The van der Waals surface area contributed by atoms with E-state index in [2.05, 4.69) is 0 Å². The van der Waals surface area contributed by atoms with Crippen LogP contribution in [-0.4, -0.2) is 27.7 Å². The number of nitrogens with zero attached hydrogens (tertiary/aromatic N) is 2. The van der Waals surface area contributed by atoms with Crippen LogP contribution in [0.15, 0.2) is 48.5 Å². The molecule has 0 bridgehead atoms. The van der Waals surface area contributed by atoms with Crippen molar-refractivity contribution in [3.8, 4) is 0 Å². The van der Waals surface area contributed by atoms with Crippen LogP contribution in [0.4, 0.5) is 0 Å². The highest BCUT2D eigenvalue weighted by atomic mass is 35.5. The van der Waals surface area contributed by atoms with Gasteiger partial charge in [0.15, 0.2) is 0 Å². The molecule has 2 aromatic carbocycles. The van der Waals surface area contributed by atoms with E-state index in [0.717, 1.165) is 17.9 Å². The van der Waals surface area contributed by atoms with Crippen LogP contribution in [0.1, 0.15) is 41.6 Å². The Hall–Kier alpha value is -2.37.